The lowest BCUT2D eigenvalue weighted by Crippen LogP contribution is -2.28. The molecule has 21 heavy (non-hydrogen) atoms. The summed E-state index contributed by atoms with van der Waals surface area (Å²) in [4.78, 5) is 3.81. The van der Waals surface area contributed by atoms with E-state index in [2.05, 4.69) is 0 Å². The van der Waals surface area contributed by atoms with Gasteiger partial charge in [-0.15, -0.1) is 0 Å². The van der Waals surface area contributed by atoms with Crippen LogP contribution in [0.3, 0.4) is 0 Å². The van der Waals surface area contributed by atoms with Crippen LogP contribution in [0.5, 0.6) is 5.75 Å². The van der Waals surface area contributed by atoms with E-state index >= 15 is 0 Å². The van der Waals surface area contributed by atoms with Gasteiger partial charge in [-0.2, -0.15) is 13.2 Å². The highest BCUT2D eigenvalue weighted by molar-refractivity contribution is 5.47. The van der Waals surface area contributed by atoms with Crippen molar-refractivity contribution >= 4 is 5.69 Å². The predicted octanol–water partition coefficient (Wildman–Crippen LogP) is 3.16. The number of rotatable bonds is 5. The summed E-state index contributed by atoms with van der Waals surface area (Å²) >= 11 is 0. The van der Waals surface area contributed by atoms with Gasteiger partial charge in [-0.1, -0.05) is 0 Å². The Kier molecular flexibility index (Phi) is 4.98. The Labute approximate surface area is 123 Å². The second kappa shape index (κ2) is 6.56. The van der Waals surface area contributed by atoms with Crippen LogP contribution in [0.15, 0.2) is 24.3 Å². The van der Waals surface area contributed by atoms with Crippen molar-refractivity contribution in [3.8, 4) is 5.75 Å². The molecule has 1 unspecified atom stereocenters. The van der Waals surface area contributed by atoms with E-state index in [9.17, 15) is 13.2 Å². The normalized spacial score (nSPS) is 19.8. The molecule has 0 radical (unpaired) electrons. The third kappa shape index (κ3) is 5.12. The van der Waals surface area contributed by atoms with Crippen molar-refractivity contribution < 1.29 is 17.9 Å². The summed E-state index contributed by atoms with van der Waals surface area (Å²) < 4.78 is 42.4. The molecule has 0 N–H and O–H groups in total. The van der Waals surface area contributed by atoms with Crippen LogP contribution in [0.1, 0.15) is 12.8 Å². The Balaban J connectivity index is 1.79. The van der Waals surface area contributed by atoms with E-state index in [1.807, 2.05) is 48.2 Å². The van der Waals surface area contributed by atoms with Gasteiger partial charge in [0.2, 0.25) is 0 Å². The fourth-order valence-corrected chi connectivity index (χ4v) is 2.40. The van der Waals surface area contributed by atoms with Crippen molar-refractivity contribution in [1.82, 2.24) is 4.90 Å². The fourth-order valence-electron chi connectivity index (χ4n) is 2.40. The number of benzene rings is 1. The second-order valence-electron chi connectivity index (χ2n) is 5.58. The minimum atomic E-state index is -4.08. The molecule has 1 aromatic carbocycles. The van der Waals surface area contributed by atoms with Gasteiger partial charge in [0.05, 0.1) is 6.42 Å². The highest BCUT2D eigenvalue weighted by Gasteiger charge is 2.30. The first kappa shape index (κ1) is 15.9. The van der Waals surface area contributed by atoms with Crippen LogP contribution in [0.25, 0.3) is 0 Å². The molecule has 0 bridgehead atoms. The zero-order chi connectivity index (χ0) is 15.5. The third-order valence-electron chi connectivity index (χ3n) is 3.60. The highest BCUT2D eigenvalue weighted by Crippen LogP contribution is 2.24. The molecule has 0 amide bonds. The molecule has 1 atom stereocenters. The van der Waals surface area contributed by atoms with E-state index in [1.165, 1.54) is 0 Å². The summed E-state index contributed by atoms with van der Waals surface area (Å²) in [7, 11) is 3.93. The minimum absolute atomic E-state index is 0.0246. The van der Waals surface area contributed by atoms with Gasteiger partial charge in [0, 0.05) is 39.4 Å². The average molecular weight is 302 g/mol. The molecule has 0 aliphatic carbocycles. The van der Waals surface area contributed by atoms with Gasteiger partial charge in [-0.25, -0.2) is 0 Å². The molecule has 1 saturated heterocycles. The Bertz CT molecular complexity index is 445. The Morgan fingerprint density at radius 2 is 1.90 bits per heavy atom. The fraction of sp³-hybridized carbons (Fsp3) is 0.600. The molecule has 3 nitrogen and oxygen atoms in total. The number of alkyl halides is 3. The molecule has 2 rings (SSSR count). The number of ether oxygens (including phenoxy) is 1. The van der Waals surface area contributed by atoms with E-state index in [-0.39, 0.29) is 12.6 Å². The maximum absolute atomic E-state index is 12.2. The summed E-state index contributed by atoms with van der Waals surface area (Å²) in [6.45, 7) is 1.28. The van der Waals surface area contributed by atoms with E-state index in [4.69, 9.17) is 4.74 Å². The molecular formula is C15H21F3N2O. The zero-order valence-electron chi connectivity index (χ0n) is 12.4. The molecule has 6 heteroatoms. The SMILES string of the molecule is CN(C)c1ccc(OC2CCN(CCC(F)(F)F)C2)cc1. The van der Waals surface area contributed by atoms with Crippen LogP contribution < -0.4 is 9.64 Å². The predicted molar refractivity (Wildman–Crippen MR) is 76.9 cm³/mol. The maximum atomic E-state index is 12.2. The van der Waals surface area contributed by atoms with Crippen LogP contribution in [-0.4, -0.2) is 50.9 Å². The van der Waals surface area contributed by atoms with Crippen LogP contribution in [0.4, 0.5) is 18.9 Å². The van der Waals surface area contributed by atoms with E-state index in [1.54, 1.807) is 0 Å². The summed E-state index contributed by atoms with van der Waals surface area (Å²) in [5.41, 5.74) is 1.08. The molecule has 118 valence electrons. The molecule has 0 spiro atoms. The first-order valence-corrected chi connectivity index (χ1v) is 7.06. The first-order chi connectivity index (χ1) is 9.83. The molecule has 1 aliphatic heterocycles. The molecule has 1 aromatic rings. The Morgan fingerprint density at radius 3 is 2.48 bits per heavy atom. The largest absolute Gasteiger partial charge is 0.489 e. The molecule has 1 fully saturated rings. The lowest BCUT2D eigenvalue weighted by molar-refractivity contribution is -0.137. The van der Waals surface area contributed by atoms with Crippen molar-refractivity contribution in [3.05, 3.63) is 24.3 Å². The number of hydrogen-bond donors (Lipinski definition) is 0. The van der Waals surface area contributed by atoms with Gasteiger partial charge < -0.3 is 9.64 Å². The van der Waals surface area contributed by atoms with Gasteiger partial charge in [0.25, 0.3) is 0 Å². The van der Waals surface area contributed by atoms with Crippen molar-refractivity contribution in [1.29, 1.82) is 0 Å². The molecule has 1 heterocycles. The molecular weight excluding hydrogens is 281 g/mol. The topological polar surface area (TPSA) is 15.7 Å². The molecule has 1 aliphatic rings. The van der Waals surface area contributed by atoms with Gasteiger partial charge in [0.15, 0.2) is 0 Å². The van der Waals surface area contributed by atoms with E-state index < -0.39 is 12.6 Å². The van der Waals surface area contributed by atoms with Crippen LogP contribution in [0.2, 0.25) is 0 Å². The van der Waals surface area contributed by atoms with E-state index in [0.717, 1.165) is 17.9 Å². The standard InChI is InChI=1S/C15H21F3N2O/c1-19(2)12-3-5-13(6-4-12)21-14-7-9-20(11-14)10-8-15(16,17)18/h3-6,14H,7-11H2,1-2H3. The Morgan fingerprint density at radius 1 is 1.24 bits per heavy atom. The zero-order valence-corrected chi connectivity index (χ0v) is 12.4. The molecule has 0 aromatic heterocycles. The lowest BCUT2D eigenvalue weighted by atomic mass is 10.2. The monoisotopic (exact) mass is 302 g/mol. The summed E-state index contributed by atoms with van der Waals surface area (Å²) in [5, 5.41) is 0. The smallest absolute Gasteiger partial charge is 0.390 e. The third-order valence-corrected chi connectivity index (χ3v) is 3.60. The summed E-state index contributed by atoms with van der Waals surface area (Å²) in [6, 6.07) is 7.72. The van der Waals surface area contributed by atoms with Crippen LogP contribution >= 0.6 is 0 Å². The number of anilines is 1. The average Bonchev–Trinajstić information content (AvgIpc) is 2.84. The first-order valence-electron chi connectivity index (χ1n) is 7.06. The van der Waals surface area contributed by atoms with Crippen molar-refractivity contribution in [2.24, 2.45) is 0 Å². The lowest BCUT2D eigenvalue weighted by Gasteiger charge is -2.18. The Hall–Kier alpha value is -1.43. The van der Waals surface area contributed by atoms with Gasteiger partial charge in [-0.05, 0) is 30.7 Å². The summed E-state index contributed by atoms with van der Waals surface area (Å²) in [5.74, 6) is 0.767. The number of likely N-dealkylation sites (tertiary alicyclic amines) is 1. The van der Waals surface area contributed by atoms with Crippen molar-refractivity contribution in [3.63, 3.8) is 0 Å². The summed E-state index contributed by atoms with van der Waals surface area (Å²) in [6.07, 6.45) is -4.09. The minimum Gasteiger partial charge on any atom is -0.489 e. The number of nitrogens with zero attached hydrogens (tertiary/aromatic N) is 2. The van der Waals surface area contributed by atoms with Gasteiger partial charge in [-0.3, -0.25) is 4.90 Å². The van der Waals surface area contributed by atoms with Crippen molar-refractivity contribution in [2.75, 3.05) is 38.6 Å². The van der Waals surface area contributed by atoms with Gasteiger partial charge in [0.1, 0.15) is 11.9 Å². The highest BCUT2D eigenvalue weighted by atomic mass is 19.4. The van der Waals surface area contributed by atoms with E-state index in [0.29, 0.717) is 13.1 Å². The molecule has 0 saturated carbocycles. The van der Waals surface area contributed by atoms with Crippen LogP contribution in [-0.2, 0) is 0 Å². The number of halogens is 3. The van der Waals surface area contributed by atoms with Crippen molar-refractivity contribution in [2.45, 2.75) is 25.1 Å². The second-order valence-corrected chi connectivity index (χ2v) is 5.58. The maximum Gasteiger partial charge on any atom is 0.390 e. The van der Waals surface area contributed by atoms with Crippen LogP contribution in [0, 0.1) is 0 Å². The number of hydrogen-bond acceptors (Lipinski definition) is 3. The quantitative estimate of drug-likeness (QED) is 0.831. The van der Waals surface area contributed by atoms with Gasteiger partial charge >= 0.3 is 6.18 Å².